The summed E-state index contributed by atoms with van der Waals surface area (Å²) in [6, 6.07) is 0. The van der Waals surface area contributed by atoms with Crippen LogP contribution in [0.1, 0.15) is 79.6 Å². The highest BCUT2D eigenvalue weighted by molar-refractivity contribution is 8.55. The van der Waals surface area contributed by atoms with Crippen LogP contribution < -0.4 is 0 Å². The van der Waals surface area contributed by atoms with E-state index in [0.717, 1.165) is 49.9 Å². The van der Waals surface area contributed by atoms with Crippen molar-refractivity contribution in [3.63, 3.8) is 0 Å². The lowest BCUT2D eigenvalue weighted by molar-refractivity contribution is 0.167. The van der Waals surface area contributed by atoms with Crippen molar-refractivity contribution in [3.05, 3.63) is 0 Å². The molecule has 0 saturated carbocycles. The van der Waals surface area contributed by atoms with E-state index in [0.29, 0.717) is 30.8 Å². The van der Waals surface area contributed by atoms with Crippen LogP contribution in [-0.4, -0.2) is 30.2 Å². The Morgan fingerprint density at radius 3 is 2.12 bits per heavy atom. The van der Waals surface area contributed by atoms with Gasteiger partial charge in [-0.05, 0) is 43.0 Å². The lowest BCUT2D eigenvalue weighted by Crippen LogP contribution is -2.11. The molecule has 0 saturated heterocycles. The molecule has 0 aromatic carbocycles. The second kappa shape index (κ2) is 14.6. The van der Waals surface area contributed by atoms with Crippen molar-refractivity contribution in [3.8, 4) is 0 Å². The molecule has 0 heterocycles. The maximum absolute atomic E-state index is 13.0. The van der Waals surface area contributed by atoms with Gasteiger partial charge in [-0.3, -0.25) is 0 Å². The normalized spacial score (nSPS) is 18.1. The molecule has 0 spiro atoms. The Morgan fingerprint density at radius 2 is 1.58 bits per heavy atom. The van der Waals surface area contributed by atoms with E-state index in [-0.39, 0.29) is 0 Å². The number of hydrogen-bond donors (Lipinski definition) is 1. The molecule has 24 heavy (non-hydrogen) atoms. The lowest BCUT2D eigenvalue weighted by Gasteiger charge is -2.23. The fourth-order valence-electron chi connectivity index (χ4n) is 2.26. The van der Waals surface area contributed by atoms with Gasteiger partial charge in [0.15, 0.2) is 0 Å². The van der Waals surface area contributed by atoms with Crippen LogP contribution in [0.25, 0.3) is 0 Å². The maximum Gasteiger partial charge on any atom is 0.389 e. The van der Waals surface area contributed by atoms with Crippen molar-refractivity contribution in [2.75, 3.05) is 19.0 Å². The Bertz CT molecular complexity index is 339. The van der Waals surface area contributed by atoms with Gasteiger partial charge < -0.3 is 14.2 Å². The Morgan fingerprint density at radius 1 is 1.00 bits per heavy atom. The summed E-state index contributed by atoms with van der Waals surface area (Å²) >= 11 is 1.14. The average Bonchev–Trinajstić information content (AvgIpc) is 2.56. The van der Waals surface area contributed by atoms with Gasteiger partial charge >= 0.3 is 6.80 Å². The molecule has 0 aromatic rings. The summed E-state index contributed by atoms with van der Waals surface area (Å²) in [7, 11) is 0. The molecule has 0 aromatic heterocycles. The van der Waals surface area contributed by atoms with E-state index in [1.807, 2.05) is 0 Å². The third kappa shape index (κ3) is 12.8. The highest BCUT2D eigenvalue weighted by Gasteiger charge is 2.28. The quantitative estimate of drug-likeness (QED) is 0.318. The molecule has 4 nitrogen and oxygen atoms in total. The zero-order valence-electron chi connectivity index (χ0n) is 16.3. The van der Waals surface area contributed by atoms with Crippen LogP contribution in [0.3, 0.4) is 0 Å². The first-order valence-corrected chi connectivity index (χ1v) is 12.7. The summed E-state index contributed by atoms with van der Waals surface area (Å²) in [5.74, 6) is 1.16. The first kappa shape index (κ1) is 24.5. The Balaban J connectivity index is 4.54. The second-order valence-electron chi connectivity index (χ2n) is 6.85. The Kier molecular flexibility index (Phi) is 14.9. The van der Waals surface area contributed by atoms with Crippen LogP contribution in [0, 0.1) is 11.8 Å². The summed E-state index contributed by atoms with van der Waals surface area (Å²) < 4.78 is 24.5. The van der Waals surface area contributed by atoms with Gasteiger partial charge in [0.2, 0.25) is 0 Å². The number of aliphatic hydroxyl groups is 1. The average molecular weight is 383 g/mol. The molecular weight excluding hydrogens is 343 g/mol. The molecule has 4 atom stereocenters. The van der Waals surface area contributed by atoms with E-state index in [9.17, 15) is 9.67 Å². The van der Waals surface area contributed by atoms with Crippen molar-refractivity contribution >= 4 is 18.2 Å². The number of aliphatic hydroxyl groups excluding tert-OH is 1. The van der Waals surface area contributed by atoms with Crippen molar-refractivity contribution in [1.82, 2.24) is 0 Å². The third-order valence-corrected chi connectivity index (χ3v) is 7.96. The van der Waals surface area contributed by atoms with Crippen molar-refractivity contribution < 1.29 is 18.7 Å². The molecule has 0 amide bonds. The summed E-state index contributed by atoms with van der Waals surface area (Å²) in [5, 5.41) is 9.50. The monoisotopic (exact) mass is 382 g/mol. The van der Waals surface area contributed by atoms with E-state index >= 15 is 0 Å². The minimum Gasteiger partial charge on any atom is -0.393 e. The van der Waals surface area contributed by atoms with Gasteiger partial charge in [0.05, 0.1) is 19.3 Å². The standard InChI is InChI=1S/C18H39O4PS/c1-6-9-11-16(4)13-21-23(20,24-15-17(5)19)22-14-18(8-3)12-10-7-2/h16-19H,6-15H2,1-5H3. The Labute approximate surface area is 153 Å². The van der Waals surface area contributed by atoms with E-state index in [2.05, 4.69) is 27.7 Å². The molecule has 1 N–H and O–H groups in total. The molecule has 0 rings (SSSR count). The maximum atomic E-state index is 13.0. The number of unbranched alkanes of at least 4 members (excludes halogenated alkanes) is 2. The fraction of sp³-hybridized carbons (Fsp3) is 1.00. The van der Waals surface area contributed by atoms with Gasteiger partial charge in [0.1, 0.15) is 0 Å². The fourth-order valence-corrected chi connectivity index (χ4v) is 5.72. The molecule has 0 aliphatic rings. The third-order valence-electron chi connectivity index (χ3n) is 4.05. The Hall–Kier alpha value is 0.460. The van der Waals surface area contributed by atoms with E-state index in [1.165, 1.54) is 6.42 Å². The zero-order valence-corrected chi connectivity index (χ0v) is 18.0. The summed E-state index contributed by atoms with van der Waals surface area (Å²) in [5.41, 5.74) is 0. The minimum absolute atomic E-state index is 0.367. The SMILES string of the molecule is CCCCC(C)COP(=O)(OCC(CC)CCCC)SCC(C)O. The molecule has 0 bridgehead atoms. The van der Waals surface area contributed by atoms with Crippen LogP contribution in [0.5, 0.6) is 0 Å². The summed E-state index contributed by atoms with van der Waals surface area (Å²) in [4.78, 5) is 0. The van der Waals surface area contributed by atoms with Crippen LogP contribution in [-0.2, 0) is 13.6 Å². The number of rotatable bonds is 16. The lowest BCUT2D eigenvalue weighted by atomic mass is 10.0. The minimum atomic E-state index is -3.20. The first-order valence-electron chi connectivity index (χ1n) is 9.58. The predicted molar refractivity (Wildman–Crippen MR) is 106 cm³/mol. The van der Waals surface area contributed by atoms with Gasteiger partial charge in [-0.25, -0.2) is 4.57 Å². The van der Waals surface area contributed by atoms with Crippen LogP contribution in [0.2, 0.25) is 0 Å². The van der Waals surface area contributed by atoms with Crippen molar-refractivity contribution in [2.24, 2.45) is 11.8 Å². The summed E-state index contributed by atoms with van der Waals surface area (Å²) in [6.07, 6.45) is 7.32. The molecule has 0 aliphatic heterocycles. The zero-order chi connectivity index (χ0) is 18.4. The molecule has 146 valence electrons. The van der Waals surface area contributed by atoms with Gasteiger partial charge in [-0.15, -0.1) is 0 Å². The molecular formula is C18H39O4PS. The number of hydrogen-bond acceptors (Lipinski definition) is 5. The molecule has 4 unspecified atom stereocenters. The van der Waals surface area contributed by atoms with Crippen LogP contribution in [0.4, 0.5) is 0 Å². The first-order chi connectivity index (χ1) is 11.4. The highest BCUT2D eigenvalue weighted by atomic mass is 32.7. The van der Waals surface area contributed by atoms with Crippen molar-refractivity contribution in [1.29, 1.82) is 0 Å². The topological polar surface area (TPSA) is 55.8 Å². The smallest absolute Gasteiger partial charge is 0.389 e. The van der Waals surface area contributed by atoms with Crippen molar-refractivity contribution in [2.45, 2.75) is 85.7 Å². The highest BCUT2D eigenvalue weighted by Crippen LogP contribution is 2.61. The predicted octanol–water partition coefficient (Wildman–Crippen LogP) is 6.28. The van der Waals surface area contributed by atoms with Crippen LogP contribution in [0.15, 0.2) is 0 Å². The largest absolute Gasteiger partial charge is 0.393 e. The molecule has 0 radical (unpaired) electrons. The van der Waals surface area contributed by atoms with Gasteiger partial charge in [-0.1, -0.05) is 59.8 Å². The second-order valence-corrected chi connectivity index (χ2v) is 11.0. The van der Waals surface area contributed by atoms with Gasteiger partial charge in [0, 0.05) is 5.75 Å². The molecule has 0 aliphatic carbocycles. The van der Waals surface area contributed by atoms with E-state index in [4.69, 9.17) is 9.05 Å². The van der Waals surface area contributed by atoms with Gasteiger partial charge in [-0.2, -0.15) is 0 Å². The molecule has 6 heteroatoms. The van der Waals surface area contributed by atoms with Crippen LogP contribution >= 0.6 is 18.2 Å². The van der Waals surface area contributed by atoms with E-state index in [1.54, 1.807) is 6.92 Å². The summed E-state index contributed by atoms with van der Waals surface area (Å²) in [6.45, 7) is 8.03. The van der Waals surface area contributed by atoms with E-state index < -0.39 is 12.9 Å². The molecule has 0 fully saturated rings. The van der Waals surface area contributed by atoms with Gasteiger partial charge in [0.25, 0.3) is 0 Å².